The molecule has 1 nitrogen and oxygen atoms in total. The molecule has 3 aliphatic carbocycles. The normalized spacial score (nSPS) is 49.2. The summed E-state index contributed by atoms with van der Waals surface area (Å²) in [5.74, 6) is 1.57. The summed E-state index contributed by atoms with van der Waals surface area (Å²) in [6.07, 6.45) is 3.70. The molecule has 3 rings (SSSR count). The van der Waals surface area contributed by atoms with Crippen LogP contribution in [0.1, 0.15) is 40.0 Å². The van der Waals surface area contributed by atoms with E-state index < -0.39 is 0 Å². The van der Waals surface area contributed by atoms with Crippen molar-refractivity contribution in [2.75, 3.05) is 0 Å². The topological polar surface area (TPSA) is 23.8 Å². The largest absolute Gasteiger partial charge is 0.198 e. The van der Waals surface area contributed by atoms with E-state index >= 15 is 0 Å². The minimum atomic E-state index is -0.0156. The molecule has 0 aromatic heterocycles. The Kier molecular flexibility index (Phi) is 1.38. The summed E-state index contributed by atoms with van der Waals surface area (Å²) >= 11 is 0. The first-order valence-electron chi connectivity index (χ1n) is 4.92. The third-order valence-electron chi connectivity index (χ3n) is 4.51. The molecule has 3 unspecified atom stereocenters. The Labute approximate surface area is 74.8 Å². The Morgan fingerprint density at radius 1 is 1.33 bits per heavy atom. The smallest absolute Gasteiger partial charge is 0.0689 e. The first-order valence-corrected chi connectivity index (χ1v) is 4.92. The van der Waals surface area contributed by atoms with Crippen LogP contribution in [0.2, 0.25) is 0 Å². The van der Waals surface area contributed by atoms with E-state index in [0.717, 1.165) is 12.3 Å². The van der Waals surface area contributed by atoms with Crippen molar-refractivity contribution in [3.8, 4) is 6.07 Å². The van der Waals surface area contributed by atoms with E-state index in [0.29, 0.717) is 11.3 Å². The molecule has 3 atom stereocenters. The van der Waals surface area contributed by atoms with Crippen molar-refractivity contribution in [2.45, 2.75) is 40.0 Å². The van der Waals surface area contributed by atoms with Gasteiger partial charge >= 0.3 is 0 Å². The molecule has 0 aromatic carbocycles. The fourth-order valence-corrected chi connectivity index (χ4v) is 3.37. The lowest BCUT2D eigenvalue weighted by atomic mass is 9.41. The summed E-state index contributed by atoms with van der Waals surface area (Å²) in [4.78, 5) is 0. The van der Waals surface area contributed by atoms with Gasteiger partial charge in [-0.25, -0.2) is 0 Å². The Morgan fingerprint density at radius 3 is 2.33 bits per heavy atom. The molecule has 0 spiro atoms. The average Bonchev–Trinajstić information content (AvgIpc) is 2.04. The maximum atomic E-state index is 9.13. The molecule has 0 amide bonds. The number of fused-ring (bicyclic) bond motifs is 2. The zero-order valence-electron chi connectivity index (χ0n) is 8.22. The first-order chi connectivity index (χ1) is 5.50. The predicted octanol–water partition coefficient (Wildman–Crippen LogP) is 2.97. The summed E-state index contributed by atoms with van der Waals surface area (Å²) in [5.41, 5.74) is 0.432. The molecular formula is C11H17N. The van der Waals surface area contributed by atoms with Crippen molar-refractivity contribution in [2.24, 2.45) is 22.7 Å². The lowest BCUT2D eigenvalue weighted by Crippen LogP contribution is -2.56. The molecule has 1 heteroatoms. The van der Waals surface area contributed by atoms with Crippen molar-refractivity contribution < 1.29 is 0 Å². The lowest BCUT2D eigenvalue weighted by molar-refractivity contribution is -0.126. The van der Waals surface area contributed by atoms with Crippen molar-refractivity contribution in [3.63, 3.8) is 0 Å². The molecule has 0 heterocycles. The Bertz CT molecular complexity index is 246. The number of rotatable bonds is 0. The van der Waals surface area contributed by atoms with Crippen LogP contribution < -0.4 is 0 Å². The van der Waals surface area contributed by atoms with Gasteiger partial charge in [-0.3, -0.25) is 0 Å². The van der Waals surface area contributed by atoms with Gasteiger partial charge in [0.25, 0.3) is 0 Å². The highest BCUT2D eigenvalue weighted by atomic mass is 14.6. The number of nitrogens with zero attached hydrogens (tertiary/aromatic N) is 1. The molecule has 0 radical (unpaired) electrons. The van der Waals surface area contributed by atoms with Gasteiger partial charge in [-0.1, -0.05) is 13.8 Å². The van der Waals surface area contributed by atoms with E-state index in [4.69, 9.17) is 5.26 Å². The van der Waals surface area contributed by atoms with Gasteiger partial charge in [-0.15, -0.1) is 0 Å². The zero-order valence-corrected chi connectivity index (χ0v) is 8.22. The first kappa shape index (κ1) is 8.10. The summed E-state index contributed by atoms with van der Waals surface area (Å²) in [6, 6.07) is 2.52. The highest BCUT2D eigenvalue weighted by molar-refractivity contribution is 5.15. The van der Waals surface area contributed by atoms with Crippen molar-refractivity contribution in [1.82, 2.24) is 0 Å². The monoisotopic (exact) mass is 163 g/mol. The number of hydrogen-bond acceptors (Lipinski definition) is 1. The van der Waals surface area contributed by atoms with Crippen LogP contribution in [-0.4, -0.2) is 0 Å². The Hall–Kier alpha value is -0.510. The molecular weight excluding hydrogens is 146 g/mol. The summed E-state index contributed by atoms with van der Waals surface area (Å²) in [5, 5.41) is 9.13. The third-order valence-corrected chi connectivity index (χ3v) is 4.51. The molecule has 0 saturated heterocycles. The van der Waals surface area contributed by atoms with Gasteiger partial charge in [0.15, 0.2) is 0 Å². The van der Waals surface area contributed by atoms with E-state index in [-0.39, 0.29) is 5.41 Å². The van der Waals surface area contributed by atoms with E-state index in [9.17, 15) is 0 Å². The van der Waals surface area contributed by atoms with Gasteiger partial charge in [0, 0.05) is 0 Å². The van der Waals surface area contributed by atoms with Crippen LogP contribution in [0.15, 0.2) is 0 Å². The van der Waals surface area contributed by atoms with Crippen molar-refractivity contribution in [3.05, 3.63) is 0 Å². The molecule has 3 saturated carbocycles. The van der Waals surface area contributed by atoms with E-state index in [1.807, 2.05) is 0 Å². The van der Waals surface area contributed by atoms with Crippen LogP contribution in [-0.2, 0) is 0 Å². The highest BCUT2D eigenvalue weighted by Gasteiger charge is 2.59. The SMILES string of the molecule is CC1(C#N)CCC2CC1C2(C)C. The van der Waals surface area contributed by atoms with Crippen LogP contribution in [0.3, 0.4) is 0 Å². The highest BCUT2D eigenvalue weighted by Crippen LogP contribution is 2.65. The van der Waals surface area contributed by atoms with Gasteiger partial charge < -0.3 is 0 Å². The van der Waals surface area contributed by atoms with E-state index in [1.54, 1.807) is 0 Å². The molecule has 0 N–H and O–H groups in total. The standard InChI is InChI=1S/C11H17N/c1-10(2)8-4-5-11(3,7-12)9(10)6-8/h8-9H,4-6H2,1-3H3. The summed E-state index contributed by atoms with van der Waals surface area (Å²) in [6.45, 7) is 6.82. The second-order valence-electron chi connectivity index (χ2n) is 5.37. The molecule has 2 bridgehead atoms. The van der Waals surface area contributed by atoms with E-state index in [1.165, 1.54) is 12.8 Å². The minimum absolute atomic E-state index is 0.0156. The second kappa shape index (κ2) is 2.05. The molecule has 66 valence electrons. The second-order valence-corrected chi connectivity index (χ2v) is 5.37. The maximum absolute atomic E-state index is 9.13. The van der Waals surface area contributed by atoms with Crippen molar-refractivity contribution in [1.29, 1.82) is 5.26 Å². The number of hydrogen-bond donors (Lipinski definition) is 0. The predicted molar refractivity (Wildman–Crippen MR) is 48.3 cm³/mol. The van der Waals surface area contributed by atoms with Gasteiger partial charge in [-0.05, 0) is 43.4 Å². The molecule has 0 aliphatic heterocycles. The van der Waals surface area contributed by atoms with Crippen molar-refractivity contribution >= 4 is 0 Å². The Balaban J connectivity index is 2.29. The summed E-state index contributed by atoms with van der Waals surface area (Å²) < 4.78 is 0. The minimum Gasteiger partial charge on any atom is -0.198 e. The molecule has 3 fully saturated rings. The zero-order chi connectivity index (χ0) is 8.98. The van der Waals surface area contributed by atoms with Gasteiger partial charge in [-0.2, -0.15) is 5.26 Å². The molecule has 3 aliphatic rings. The fraction of sp³-hybridized carbons (Fsp3) is 0.909. The fourth-order valence-electron chi connectivity index (χ4n) is 3.37. The lowest BCUT2D eigenvalue weighted by Gasteiger charge is -2.62. The van der Waals surface area contributed by atoms with E-state index in [2.05, 4.69) is 26.8 Å². The third kappa shape index (κ3) is 0.736. The van der Waals surface area contributed by atoms with Gasteiger partial charge in [0.05, 0.1) is 11.5 Å². The summed E-state index contributed by atoms with van der Waals surface area (Å²) in [7, 11) is 0. The van der Waals surface area contributed by atoms with Crippen LogP contribution in [0, 0.1) is 34.0 Å². The van der Waals surface area contributed by atoms with Gasteiger partial charge in [0.2, 0.25) is 0 Å². The van der Waals surface area contributed by atoms with Crippen LogP contribution >= 0.6 is 0 Å². The van der Waals surface area contributed by atoms with Gasteiger partial charge in [0.1, 0.15) is 0 Å². The van der Waals surface area contributed by atoms with Crippen LogP contribution in [0.5, 0.6) is 0 Å². The maximum Gasteiger partial charge on any atom is 0.0689 e. The van der Waals surface area contributed by atoms with Crippen LogP contribution in [0.25, 0.3) is 0 Å². The van der Waals surface area contributed by atoms with Crippen LogP contribution in [0.4, 0.5) is 0 Å². The quantitative estimate of drug-likeness (QED) is 0.538. The number of nitriles is 1. The average molecular weight is 163 g/mol. The molecule has 12 heavy (non-hydrogen) atoms. The Morgan fingerprint density at radius 2 is 2.00 bits per heavy atom. The molecule has 0 aromatic rings.